The van der Waals surface area contributed by atoms with E-state index in [0.29, 0.717) is 31.3 Å². The molecular formula is C25H32F3N5O3. The minimum absolute atomic E-state index is 0.101. The van der Waals surface area contributed by atoms with Crippen LogP contribution in [0.5, 0.6) is 0 Å². The minimum atomic E-state index is -4.52. The Morgan fingerprint density at radius 1 is 1.25 bits per heavy atom. The first-order chi connectivity index (χ1) is 16.8. The number of carboxylic acid groups (broad SMARTS) is 1. The first-order valence-electron chi connectivity index (χ1n) is 12.2. The number of aromatic nitrogens is 2. The first kappa shape index (κ1) is 26.1. The molecule has 1 aromatic carbocycles. The average molecular weight is 508 g/mol. The molecule has 2 N–H and O–H groups in total. The molecule has 1 saturated heterocycles. The van der Waals surface area contributed by atoms with Crippen molar-refractivity contribution in [3.8, 4) is 0 Å². The molecule has 11 heteroatoms. The van der Waals surface area contributed by atoms with E-state index in [1.807, 2.05) is 7.05 Å². The molecular weight excluding hydrogens is 475 g/mol. The molecule has 2 heterocycles. The van der Waals surface area contributed by atoms with Gasteiger partial charge in [-0.15, -0.1) is 0 Å². The van der Waals surface area contributed by atoms with Crippen LogP contribution in [0.15, 0.2) is 24.5 Å². The molecule has 0 spiro atoms. The van der Waals surface area contributed by atoms with Gasteiger partial charge in [-0.1, -0.05) is 0 Å². The molecule has 0 radical (unpaired) electrons. The molecule has 1 unspecified atom stereocenters. The Kier molecular flexibility index (Phi) is 6.89. The van der Waals surface area contributed by atoms with Crippen molar-refractivity contribution in [3.63, 3.8) is 0 Å². The molecule has 4 rings (SSSR count). The number of hydrogen-bond acceptors (Lipinski definition) is 6. The van der Waals surface area contributed by atoms with Gasteiger partial charge >= 0.3 is 12.1 Å². The van der Waals surface area contributed by atoms with Crippen molar-refractivity contribution in [2.24, 2.45) is 5.41 Å². The second kappa shape index (κ2) is 9.49. The highest BCUT2D eigenvalue weighted by molar-refractivity contribution is 5.93. The van der Waals surface area contributed by atoms with Crippen LogP contribution in [0, 0.1) is 5.41 Å². The lowest BCUT2D eigenvalue weighted by Crippen LogP contribution is -2.58. The van der Waals surface area contributed by atoms with Crippen molar-refractivity contribution in [1.29, 1.82) is 0 Å². The number of rotatable bonds is 6. The number of carbonyl (C=O) groups is 2. The van der Waals surface area contributed by atoms with Crippen molar-refractivity contribution >= 4 is 28.6 Å². The number of fused-ring (bicyclic) bond motifs is 1. The van der Waals surface area contributed by atoms with Crippen molar-refractivity contribution in [2.75, 3.05) is 18.9 Å². The molecule has 1 aromatic heterocycles. The Bertz CT molecular complexity index is 1160. The Balaban J connectivity index is 1.56. The van der Waals surface area contributed by atoms with Gasteiger partial charge in [0.25, 0.3) is 0 Å². The SMILES string of the molecule is CC(C)N(C)[C@@H]1CC[C@H](N2CCC(Nc3ncnc4ccc(C(F)(F)F)cc34)C2=O)[C@](C)(C(=O)O)C1. The number of benzene rings is 1. The molecule has 2 fully saturated rings. The molecule has 2 aliphatic rings. The molecule has 36 heavy (non-hydrogen) atoms. The number of nitrogens with zero attached hydrogens (tertiary/aromatic N) is 4. The third kappa shape index (κ3) is 4.72. The van der Waals surface area contributed by atoms with Gasteiger partial charge in [0, 0.05) is 30.1 Å². The van der Waals surface area contributed by atoms with Crippen LogP contribution in [-0.4, -0.2) is 74.5 Å². The van der Waals surface area contributed by atoms with Gasteiger partial charge < -0.3 is 20.2 Å². The monoisotopic (exact) mass is 507 g/mol. The van der Waals surface area contributed by atoms with Gasteiger partial charge in [0.15, 0.2) is 0 Å². The molecule has 0 bridgehead atoms. The summed E-state index contributed by atoms with van der Waals surface area (Å²) in [7, 11) is 2.00. The number of carbonyl (C=O) groups excluding carboxylic acids is 1. The van der Waals surface area contributed by atoms with E-state index in [9.17, 15) is 27.9 Å². The van der Waals surface area contributed by atoms with Crippen LogP contribution in [0.2, 0.25) is 0 Å². The third-order valence-electron chi connectivity index (χ3n) is 7.94. The van der Waals surface area contributed by atoms with Crippen molar-refractivity contribution in [1.82, 2.24) is 19.8 Å². The number of carboxylic acids is 1. The number of amides is 1. The lowest BCUT2D eigenvalue weighted by Gasteiger charge is -2.48. The van der Waals surface area contributed by atoms with Crippen LogP contribution in [-0.2, 0) is 15.8 Å². The van der Waals surface area contributed by atoms with E-state index in [-0.39, 0.29) is 29.2 Å². The topological polar surface area (TPSA) is 98.7 Å². The Hall–Kier alpha value is -2.95. The standard InChI is InChI=1S/C25H32F3N5O3/c1-14(2)32(4)16-6-8-20(24(3,12-16)23(35)36)33-10-9-19(22(33)34)31-21-17-11-15(25(26,27)28)5-7-18(17)29-13-30-21/h5,7,11,13-14,16,19-20H,6,8-10,12H2,1-4H3,(H,35,36)(H,29,30,31)/t16-,19?,20+,24-/m1/s1. The highest BCUT2D eigenvalue weighted by Gasteiger charge is 2.52. The van der Waals surface area contributed by atoms with Crippen LogP contribution >= 0.6 is 0 Å². The predicted octanol–water partition coefficient (Wildman–Crippen LogP) is 4.01. The molecule has 1 saturated carbocycles. The largest absolute Gasteiger partial charge is 0.481 e. The van der Waals surface area contributed by atoms with Gasteiger partial charge in [0.1, 0.15) is 18.2 Å². The maximum absolute atomic E-state index is 13.4. The van der Waals surface area contributed by atoms with Gasteiger partial charge in [0.2, 0.25) is 5.91 Å². The fourth-order valence-electron chi connectivity index (χ4n) is 5.55. The van der Waals surface area contributed by atoms with Crippen LogP contribution in [0.1, 0.15) is 52.0 Å². The normalized spacial score (nSPS) is 27.3. The number of nitrogens with one attached hydrogen (secondary N) is 1. The fourth-order valence-corrected chi connectivity index (χ4v) is 5.55. The van der Waals surface area contributed by atoms with Gasteiger partial charge in [-0.2, -0.15) is 13.2 Å². The number of hydrogen-bond donors (Lipinski definition) is 2. The van der Waals surface area contributed by atoms with E-state index in [1.54, 1.807) is 11.8 Å². The number of aliphatic carboxylic acids is 1. The summed E-state index contributed by atoms with van der Waals surface area (Å²) in [4.78, 5) is 37.8. The second-order valence-corrected chi connectivity index (χ2v) is 10.4. The summed E-state index contributed by atoms with van der Waals surface area (Å²) < 4.78 is 39.8. The zero-order valence-electron chi connectivity index (χ0n) is 20.8. The molecule has 8 nitrogen and oxygen atoms in total. The highest BCUT2D eigenvalue weighted by Crippen LogP contribution is 2.43. The summed E-state index contributed by atoms with van der Waals surface area (Å²) in [6.45, 7) is 6.22. The molecule has 2 aromatic rings. The maximum Gasteiger partial charge on any atom is 0.416 e. The summed E-state index contributed by atoms with van der Waals surface area (Å²) in [6, 6.07) is 2.40. The lowest BCUT2D eigenvalue weighted by molar-refractivity contribution is -0.159. The van der Waals surface area contributed by atoms with Crippen LogP contribution < -0.4 is 5.32 Å². The third-order valence-corrected chi connectivity index (χ3v) is 7.94. The van der Waals surface area contributed by atoms with Crippen molar-refractivity contribution in [2.45, 2.75) is 76.8 Å². The minimum Gasteiger partial charge on any atom is -0.481 e. The predicted molar refractivity (Wildman–Crippen MR) is 128 cm³/mol. The fraction of sp³-hybridized carbons (Fsp3) is 0.600. The van der Waals surface area contributed by atoms with E-state index in [2.05, 4.69) is 34.0 Å². The lowest BCUT2D eigenvalue weighted by atomic mass is 9.68. The van der Waals surface area contributed by atoms with E-state index in [1.165, 1.54) is 12.4 Å². The van der Waals surface area contributed by atoms with Gasteiger partial charge in [-0.05, 0) is 71.7 Å². The number of alkyl halides is 3. The van der Waals surface area contributed by atoms with E-state index >= 15 is 0 Å². The Morgan fingerprint density at radius 3 is 2.61 bits per heavy atom. The first-order valence-corrected chi connectivity index (χ1v) is 12.2. The van der Waals surface area contributed by atoms with E-state index < -0.39 is 35.2 Å². The van der Waals surface area contributed by atoms with Gasteiger partial charge in [-0.3, -0.25) is 9.59 Å². The summed E-state index contributed by atoms with van der Waals surface area (Å²) in [5.41, 5.74) is -1.61. The van der Waals surface area contributed by atoms with Crippen LogP contribution in [0.25, 0.3) is 10.9 Å². The highest BCUT2D eigenvalue weighted by atomic mass is 19.4. The average Bonchev–Trinajstić information content (AvgIpc) is 3.17. The van der Waals surface area contributed by atoms with Crippen molar-refractivity contribution < 1.29 is 27.9 Å². The Morgan fingerprint density at radius 2 is 1.97 bits per heavy atom. The number of anilines is 1. The zero-order valence-corrected chi connectivity index (χ0v) is 20.8. The zero-order chi connectivity index (χ0) is 26.4. The summed E-state index contributed by atoms with van der Waals surface area (Å²) in [5, 5.41) is 13.4. The van der Waals surface area contributed by atoms with Crippen LogP contribution in [0.3, 0.4) is 0 Å². The molecule has 4 atom stereocenters. The second-order valence-electron chi connectivity index (χ2n) is 10.4. The summed E-state index contributed by atoms with van der Waals surface area (Å²) in [5.74, 6) is -1.04. The molecule has 1 aliphatic heterocycles. The van der Waals surface area contributed by atoms with E-state index in [0.717, 1.165) is 18.6 Å². The van der Waals surface area contributed by atoms with E-state index in [4.69, 9.17) is 0 Å². The molecule has 196 valence electrons. The maximum atomic E-state index is 13.4. The Labute approximate surface area is 207 Å². The smallest absolute Gasteiger partial charge is 0.416 e. The number of halogens is 3. The quantitative estimate of drug-likeness (QED) is 0.610. The molecule has 1 amide bonds. The summed E-state index contributed by atoms with van der Waals surface area (Å²) in [6.07, 6.45) is -1.12. The number of likely N-dealkylation sites (tertiary alicyclic amines) is 1. The molecule has 1 aliphatic carbocycles. The van der Waals surface area contributed by atoms with Gasteiger partial charge in [-0.25, -0.2) is 9.97 Å². The van der Waals surface area contributed by atoms with Gasteiger partial charge in [0.05, 0.1) is 16.5 Å². The van der Waals surface area contributed by atoms with Crippen LogP contribution in [0.4, 0.5) is 19.0 Å². The van der Waals surface area contributed by atoms with Crippen molar-refractivity contribution in [3.05, 3.63) is 30.1 Å². The summed E-state index contributed by atoms with van der Waals surface area (Å²) >= 11 is 0.